The Morgan fingerprint density at radius 3 is 2.33 bits per heavy atom. The third-order valence-electron chi connectivity index (χ3n) is 5.74. The molecule has 0 amide bonds. The lowest BCUT2D eigenvalue weighted by atomic mass is 9.98. The third kappa shape index (κ3) is 7.16. The molecule has 0 saturated heterocycles. The molecule has 0 aromatic heterocycles. The fraction of sp³-hybridized carbons (Fsp3) is 0.833. The van der Waals surface area contributed by atoms with Crippen molar-refractivity contribution in [3.63, 3.8) is 0 Å². The monoisotopic (exact) mass is 394 g/mol. The summed E-state index contributed by atoms with van der Waals surface area (Å²) < 4.78 is 0.539. The SMILES string of the molecule is CC.CCCCCCC1=C(/C(=C/C(C)N)NC)SC2(CCCCCC)CC12. The normalized spacial score (nSPS) is 25.0. The lowest BCUT2D eigenvalue weighted by molar-refractivity contribution is 0.598. The van der Waals surface area contributed by atoms with E-state index in [2.05, 4.69) is 43.9 Å². The second kappa shape index (κ2) is 12.9. The minimum Gasteiger partial charge on any atom is -0.387 e. The van der Waals surface area contributed by atoms with E-state index >= 15 is 0 Å². The zero-order valence-corrected chi connectivity index (χ0v) is 19.8. The minimum atomic E-state index is 0.106. The summed E-state index contributed by atoms with van der Waals surface area (Å²) >= 11 is 2.18. The highest BCUT2D eigenvalue weighted by Gasteiger charge is 2.60. The molecule has 27 heavy (non-hydrogen) atoms. The molecule has 2 rings (SSSR count). The van der Waals surface area contributed by atoms with E-state index in [1.807, 2.05) is 20.9 Å². The number of allylic oxidation sites excluding steroid dienone is 1. The van der Waals surface area contributed by atoms with Crippen molar-refractivity contribution >= 4 is 11.8 Å². The van der Waals surface area contributed by atoms with Gasteiger partial charge in [0.15, 0.2) is 0 Å². The molecule has 3 N–H and O–H groups in total. The molecule has 1 heterocycles. The summed E-state index contributed by atoms with van der Waals surface area (Å²) in [6, 6.07) is 0.106. The van der Waals surface area contributed by atoms with Gasteiger partial charge in [-0.15, -0.1) is 11.8 Å². The predicted molar refractivity (Wildman–Crippen MR) is 125 cm³/mol. The molecule has 1 aliphatic heterocycles. The highest BCUT2D eigenvalue weighted by molar-refractivity contribution is 8.05. The number of hydrogen-bond acceptors (Lipinski definition) is 3. The first kappa shape index (κ1) is 24.6. The Kier molecular flexibility index (Phi) is 11.8. The summed E-state index contributed by atoms with van der Waals surface area (Å²) in [5, 5.41) is 3.44. The summed E-state index contributed by atoms with van der Waals surface area (Å²) in [4.78, 5) is 1.54. The summed E-state index contributed by atoms with van der Waals surface area (Å²) in [7, 11) is 2.05. The smallest absolute Gasteiger partial charge is 0.0450 e. The highest BCUT2D eigenvalue weighted by Crippen LogP contribution is 2.70. The Labute approximate surface area is 174 Å². The second-order valence-electron chi connectivity index (χ2n) is 8.09. The van der Waals surface area contributed by atoms with Gasteiger partial charge in [0, 0.05) is 28.4 Å². The first-order valence-electron chi connectivity index (χ1n) is 11.7. The molecule has 3 atom stereocenters. The van der Waals surface area contributed by atoms with Crippen molar-refractivity contribution in [2.75, 3.05) is 7.05 Å². The first-order chi connectivity index (χ1) is 13.1. The lowest BCUT2D eigenvalue weighted by Crippen LogP contribution is -2.17. The van der Waals surface area contributed by atoms with Crippen LogP contribution in [0, 0.1) is 5.92 Å². The van der Waals surface area contributed by atoms with Gasteiger partial charge in [0.25, 0.3) is 0 Å². The van der Waals surface area contributed by atoms with Gasteiger partial charge in [-0.3, -0.25) is 0 Å². The Morgan fingerprint density at radius 2 is 1.78 bits per heavy atom. The molecule has 2 nitrogen and oxygen atoms in total. The molecule has 3 unspecified atom stereocenters. The first-order valence-corrected chi connectivity index (χ1v) is 12.5. The number of unbranched alkanes of at least 4 members (excludes halogenated alkanes) is 6. The largest absolute Gasteiger partial charge is 0.387 e. The van der Waals surface area contributed by atoms with Crippen LogP contribution in [0.5, 0.6) is 0 Å². The number of nitrogens with two attached hydrogens (primary N) is 1. The van der Waals surface area contributed by atoms with E-state index in [0.717, 1.165) is 5.92 Å². The average molecular weight is 395 g/mol. The molecule has 0 bridgehead atoms. The summed E-state index contributed by atoms with van der Waals surface area (Å²) in [6.45, 7) is 10.7. The number of thioether (sulfide) groups is 1. The Balaban J connectivity index is 0.00000176. The molecule has 0 aromatic rings. The van der Waals surface area contributed by atoms with Gasteiger partial charge in [0.05, 0.1) is 0 Å². The quantitative estimate of drug-likeness (QED) is 0.325. The molecule has 1 saturated carbocycles. The number of nitrogens with one attached hydrogen (secondary N) is 1. The third-order valence-corrected chi connectivity index (χ3v) is 7.49. The maximum Gasteiger partial charge on any atom is 0.0450 e. The van der Waals surface area contributed by atoms with Gasteiger partial charge in [0.2, 0.25) is 0 Å². The van der Waals surface area contributed by atoms with E-state index in [1.54, 1.807) is 10.5 Å². The topological polar surface area (TPSA) is 38.0 Å². The van der Waals surface area contributed by atoms with E-state index < -0.39 is 0 Å². The van der Waals surface area contributed by atoms with Crippen molar-refractivity contribution in [1.82, 2.24) is 5.32 Å². The molecular weight excluding hydrogens is 348 g/mol. The van der Waals surface area contributed by atoms with Gasteiger partial charge in [-0.25, -0.2) is 0 Å². The van der Waals surface area contributed by atoms with Gasteiger partial charge in [-0.1, -0.05) is 72.6 Å². The standard InChI is InChI=1S/C22H40N2S.C2H6/c1-5-7-9-11-13-18-19-16-22(19,14-12-10-8-6-2)25-21(18)20(24-4)15-17(3)23;1-2/h15,17,19,24H,5-14,16,23H2,1-4H3;1-2H3/b20-15-;. The van der Waals surface area contributed by atoms with Crippen molar-refractivity contribution in [2.24, 2.45) is 11.7 Å². The Bertz CT molecular complexity index is 481. The molecule has 1 aliphatic carbocycles. The van der Waals surface area contributed by atoms with Crippen molar-refractivity contribution in [3.05, 3.63) is 22.3 Å². The van der Waals surface area contributed by atoms with Crippen LogP contribution < -0.4 is 11.1 Å². The van der Waals surface area contributed by atoms with Crippen molar-refractivity contribution in [2.45, 2.75) is 116 Å². The zero-order valence-electron chi connectivity index (χ0n) is 19.0. The van der Waals surface area contributed by atoms with Crippen LogP contribution in [0.15, 0.2) is 22.3 Å². The van der Waals surface area contributed by atoms with E-state index in [9.17, 15) is 0 Å². The molecule has 0 radical (unpaired) electrons. The van der Waals surface area contributed by atoms with Crippen LogP contribution in [0.2, 0.25) is 0 Å². The van der Waals surface area contributed by atoms with E-state index in [-0.39, 0.29) is 6.04 Å². The summed E-state index contributed by atoms with van der Waals surface area (Å²) in [5.74, 6) is 0.848. The summed E-state index contributed by atoms with van der Waals surface area (Å²) in [6.07, 6.45) is 17.3. The van der Waals surface area contributed by atoms with Crippen molar-refractivity contribution in [1.29, 1.82) is 0 Å². The van der Waals surface area contributed by atoms with Crippen molar-refractivity contribution in [3.8, 4) is 0 Å². The zero-order chi connectivity index (χ0) is 20.3. The summed E-state index contributed by atoms with van der Waals surface area (Å²) in [5.41, 5.74) is 9.10. The Morgan fingerprint density at radius 1 is 1.15 bits per heavy atom. The fourth-order valence-corrected chi connectivity index (χ4v) is 6.08. The van der Waals surface area contributed by atoms with Crippen LogP contribution in [-0.2, 0) is 0 Å². The van der Waals surface area contributed by atoms with Crippen LogP contribution in [0.25, 0.3) is 0 Å². The van der Waals surface area contributed by atoms with E-state index in [0.29, 0.717) is 4.75 Å². The van der Waals surface area contributed by atoms with E-state index in [4.69, 9.17) is 5.73 Å². The number of rotatable bonds is 13. The molecule has 2 aliphatic rings. The van der Waals surface area contributed by atoms with Gasteiger partial charge in [-0.2, -0.15) is 0 Å². The maximum atomic E-state index is 6.07. The molecule has 158 valence electrons. The van der Waals surface area contributed by atoms with Gasteiger partial charge in [-0.05, 0) is 50.2 Å². The predicted octanol–water partition coefficient (Wildman–Crippen LogP) is 7.16. The number of likely N-dealkylation sites (N-methyl/N-ethyl adjacent to an activating group) is 1. The number of fused-ring (bicyclic) bond motifs is 1. The molecule has 3 heteroatoms. The van der Waals surface area contributed by atoms with Gasteiger partial charge in [0.1, 0.15) is 0 Å². The van der Waals surface area contributed by atoms with Crippen molar-refractivity contribution < 1.29 is 0 Å². The molecule has 0 aromatic carbocycles. The van der Waals surface area contributed by atoms with Crippen LogP contribution >= 0.6 is 11.8 Å². The lowest BCUT2D eigenvalue weighted by Gasteiger charge is -2.17. The van der Waals surface area contributed by atoms with E-state index in [1.165, 1.54) is 76.3 Å². The van der Waals surface area contributed by atoms with Crippen LogP contribution in [0.1, 0.15) is 105 Å². The van der Waals surface area contributed by atoms with Crippen LogP contribution in [0.4, 0.5) is 0 Å². The van der Waals surface area contributed by atoms with Crippen LogP contribution in [0.3, 0.4) is 0 Å². The second-order valence-corrected chi connectivity index (χ2v) is 9.51. The molecular formula is C24H46N2S. The average Bonchev–Trinajstić information content (AvgIpc) is 3.29. The number of hydrogen-bond donors (Lipinski definition) is 2. The van der Waals surface area contributed by atoms with Gasteiger partial charge < -0.3 is 11.1 Å². The minimum absolute atomic E-state index is 0.106. The molecule has 1 fully saturated rings. The molecule has 0 spiro atoms. The van der Waals surface area contributed by atoms with Gasteiger partial charge >= 0.3 is 0 Å². The highest BCUT2D eigenvalue weighted by atomic mass is 32.2. The Hall–Kier alpha value is -0.410. The van der Waals surface area contributed by atoms with Crippen LogP contribution in [-0.4, -0.2) is 17.8 Å². The fourth-order valence-electron chi connectivity index (χ4n) is 4.24. The maximum absolute atomic E-state index is 6.07.